The lowest BCUT2D eigenvalue weighted by Crippen LogP contribution is -2.25. The van der Waals surface area contributed by atoms with Gasteiger partial charge in [0.15, 0.2) is 0 Å². The van der Waals surface area contributed by atoms with Crippen LogP contribution in [0.5, 0.6) is 0 Å². The van der Waals surface area contributed by atoms with Crippen molar-refractivity contribution in [2.24, 2.45) is 0 Å². The summed E-state index contributed by atoms with van der Waals surface area (Å²) in [6, 6.07) is 0. The Labute approximate surface area is 102 Å². The summed E-state index contributed by atoms with van der Waals surface area (Å²) in [6.07, 6.45) is -2.34. The summed E-state index contributed by atoms with van der Waals surface area (Å²) in [5.74, 6) is -5.60. The zero-order chi connectivity index (χ0) is 14.3. The molecule has 0 aliphatic carbocycles. The number of carboxylic acids is 1. The number of Topliss-reactive ketones (excluding diaryl/α,β-unsaturated/α-hetero) is 1. The van der Waals surface area contributed by atoms with Gasteiger partial charge in [-0.05, 0) is 6.92 Å². The number of esters is 3. The molecule has 0 radical (unpaired) electrons. The minimum Gasteiger partial charge on any atom is -0.481 e. The van der Waals surface area contributed by atoms with Gasteiger partial charge < -0.3 is 14.6 Å². The lowest BCUT2D eigenvalue weighted by molar-refractivity contribution is -0.165. The molecule has 0 heterocycles. The molecule has 0 bridgehead atoms. The highest BCUT2D eigenvalue weighted by molar-refractivity contribution is 6.32. The van der Waals surface area contributed by atoms with Gasteiger partial charge in [-0.1, -0.05) is 0 Å². The first kappa shape index (κ1) is 15.8. The van der Waals surface area contributed by atoms with Crippen LogP contribution in [-0.4, -0.2) is 40.9 Å². The van der Waals surface area contributed by atoms with E-state index in [-0.39, 0.29) is 0 Å². The lowest BCUT2D eigenvalue weighted by Gasteiger charge is -2.10. The monoisotopic (exact) mass is 260 g/mol. The lowest BCUT2D eigenvalue weighted by atomic mass is 10.3. The molecule has 100 valence electrons. The Balaban J connectivity index is 4.08. The Kier molecular flexibility index (Phi) is 6.26. The van der Waals surface area contributed by atoms with Crippen molar-refractivity contribution in [1.82, 2.24) is 0 Å². The van der Waals surface area contributed by atoms with Crippen LogP contribution in [0.2, 0.25) is 0 Å². The molecule has 1 unspecified atom stereocenters. The standard InChI is InChI=1S/C10H12O8/c1-5(17-10(16)6(2)11)3-8(14)18-9(15)4-7(12)13/h5H,3-4H2,1-2H3,(H,12,13). The molecule has 0 aromatic rings. The van der Waals surface area contributed by atoms with E-state index in [4.69, 9.17) is 5.11 Å². The molecule has 8 nitrogen and oxygen atoms in total. The first-order valence-corrected chi connectivity index (χ1v) is 4.89. The fraction of sp³-hybridized carbons (Fsp3) is 0.500. The number of ether oxygens (including phenoxy) is 2. The Morgan fingerprint density at radius 3 is 2.11 bits per heavy atom. The molecule has 0 spiro atoms. The van der Waals surface area contributed by atoms with E-state index < -0.39 is 48.6 Å². The molecule has 0 saturated carbocycles. The zero-order valence-corrected chi connectivity index (χ0v) is 9.80. The minimum atomic E-state index is -1.43. The second-order valence-electron chi connectivity index (χ2n) is 3.39. The van der Waals surface area contributed by atoms with Gasteiger partial charge in [0.05, 0.1) is 6.42 Å². The number of carbonyl (C=O) groups excluding carboxylic acids is 4. The molecule has 18 heavy (non-hydrogen) atoms. The summed E-state index contributed by atoms with van der Waals surface area (Å²) < 4.78 is 8.67. The first-order chi connectivity index (χ1) is 8.22. The third kappa shape index (κ3) is 7.09. The van der Waals surface area contributed by atoms with E-state index >= 15 is 0 Å². The van der Waals surface area contributed by atoms with E-state index in [9.17, 15) is 24.0 Å². The fourth-order valence-corrected chi connectivity index (χ4v) is 0.870. The average molecular weight is 260 g/mol. The van der Waals surface area contributed by atoms with E-state index in [0.29, 0.717) is 0 Å². The highest BCUT2D eigenvalue weighted by Crippen LogP contribution is 2.01. The molecule has 0 aliphatic heterocycles. The van der Waals surface area contributed by atoms with Crippen LogP contribution in [0.1, 0.15) is 26.7 Å². The highest BCUT2D eigenvalue weighted by atomic mass is 16.6. The summed E-state index contributed by atoms with van der Waals surface area (Å²) in [5, 5.41) is 8.24. The predicted molar refractivity (Wildman–Crippen MR) is 54.2 cm³/mol. The number of carbonyl (C=O) groups is 5. The molecule has 8 heteroatoms. The quantitative estimate of drug-likeness (QED) is 0.383. The van der Waals surface area contributed by atoms with E-state index in [1.165, 1.54) is 6.92 Å². The van der Waals surface area contributed by atoms with Gasteiger partial charge in [0.2, 0.25) is 5.78 Å². The maximum absolute atomic E-state index is 11.1. The minimum absolute atomic E-state index is 0.454. The molecule has 1 N–H and O–H groups in total. The highest BCUT2D eigenvalue weighted by Gasteiger charge is 2.20. The molecule has 1 atom stereocenters. The van der Waals surface area contributed by atoms with Gasteiger partial charge in [0.25, 0.3) is 0 Å². The van der Waals surface area contributed by atoms with Crippen molar-refractivity contribution in [3.8, 4) is 0 Å². The number of hydrogen-bond acceptors (Lipinski definition) is 7. The summed E-state index contributed by atoms with van der Waals surface area (Å²) in [5.41, 5.74) is 0. The van der Waals surface area contributed by atoms with Crippen LogP contribution in [0.4, 0.5) is 0 Å². The summed E-state index contributed by atoms with van der Waals surface area (Å²) in [7, 11) is 0. The second kappa shape index (κ2) is 7.15. The van der Waals surface area contributed by atoms with Gasteiger partial charge in [-0.15, -0.1) is 0 Å². The third-order valence-corrected chi connectivity index (χ3v) is 1.57. The van der Waals surface area contributed by atoms with Gasteiger partial charge in [-0.2, -0.15) is 0 Å². The number of ketones is 1. The van der Waals surface area contributed by atoms with Gasteiger partial charge in [0, 0.05) is 6.92 Å². The molecule has 0 aliphatic rings. The fourth-order valence-electron chi connectivity index (χ4n) is 0.870. The zero-order valence-electron chi connectivity index (χ0n) is 9.80. The Hall–Kier alpha value is -2.25. The molecule has 0 fully saturated rings. The smallest absolute Gasteiger partial charge is 0.374 e. The summed E-state index contributed by atoms with van der Waals surface area (Å²) in [4.78, 5) is 53.4. The van der Waals surface area contributed by atoms with Crippen LogP contribution in [0.15, 0.2) is 0 Å². The average Bonchev–Trinajstić information content (AvgIpc) is 2.14. The SMILES string of the molecule is CC(=O)C(=O)OC(C)CC(=O)OC(=O)CC(=O)O. The van der Waals surface area contributed by atoms with Crippen molar-refractivity contribution in [3.05, 3.63) is 0 Å². The van der Waals surface area contributed by atoms with Gasteiger partial charge in [0.1, 0.15) is 12.5 Å². The number of aliphatic carboxylic acids is 1. The van der Waals surface area contributed by atoms with Crippen LogP contribution >= 0.6 is 0 Å². The largest absolute Gasteiger partial charge is 0.481 e. The van der Waals surface area contributed by atoms with Crippen molar-refractivity contribution in [3.63, 3.8) is 0 Å². The van der Waals surface area contributed by atoms with Crippen molar-refractivity contribution in [1.29, 1.82) is 0 Å². The van der Waals surface area contributed by atoms with Crippen LogP contribution in [0, 0.1) is 0 Å². The van der Waals surface area contributed by atoms with Crippen LogP contribution in [0.3, 0.4) is 0 Å². The molecule has 0 aromatic carbocycles. The number of carboxylic acid groups (broad SMARTS) is 1. The van der Waals surface area contributed by atoms with Crippen LogP contribution in [-0.2, 0) is 33.4 Å². The molecular weight excluding hydrogens is 248 g/mol. The summed E-state index contributed by atoms with van der Waals surface area (Å²) in [6.45, 7) is 2.33. The van der Waals surface area contributed by atoms with Crippen molar-refractivity contribution in [2.75, 3.05) is 0 Å². The Morgan fingerprint density at radius 2 is 1.67 bits per heavy atom. The van der Waals surface area contributed by atoms with Crippen LogP contribution < -0.4 is 0 Å². The molecule has 0 rings (SSSR count). The van der Waals surface area contributed by atoms with E-state index in [2.05, 4.69) is 9.47 Å². The molecule has 0 amide bonds. The van der Waals surface area contributed by atoms with E-state index in [0.717, 1.165) is 6.92 Å². The maximum Gasteiger partial charge on any atom is 0.374 e. The van der Waals surface area contributed by atoms with E-state index in [1.54, 1.807) is 0 Å². The van der Waals surface area contributed by atoms with Crippen molar-refractivity contribution < 1.29 is 38.6 Å². The Morgan fingerprint density at radius 1 is 1.11 bits per heavy atom. The molecule has 0 saturated heterocycles. The Bertz CT molecular complexity index is 383. The second-order valence-corrected chi connectivity index (χ2v) is 3.39. The number of rotatable bonds is 6. The molecular formula is C10H12O8. The summed E-state index contributed by atoms with van der Waals surface area (Å²) >= 11 is 0. The normalized spacial score (nSPS) is 11.2. The van der Waals surface area contributed by atoms with Gasteiger partial charge in [-0.3, -0.25) is 19.2 Å². The van der Waals surface area contributed by atoms with Crippen molar-refractivity contribution in [2.45, 2.75) is 32.8 Å². The first-order valence-electron chi connectivity index (χ1n) is 4.89. The number of hydrogen-bond donors (Lipinski definition) is 1. The third-order valence-electron chi connectivity index (χ3n) is 1.57. The molecule has 0 aromatic heterocycles. The van der Waals surface area contributed by atoms with Gasteiger partial charge >= 0.3 is 23.9 Å². The maximum atomic E-state index is 11.1. The van der Waals surface area contributed by atoms with Crippen molar-refractivity contribution >= 4 is 29.7 Å². The van der Waals surface area contributed by atoms with Crippen LogP contribution in [0.25, 0.3) is 0 Å². The van der Waals surface area contributed by atoms with Gasteiger partial charge in [-0.25, -0.2) is 4.79 Å². The topological polar surface area (TPSA) is 124 Å². The predicted octanol–water partition coefficient (Wildman–Crippen LogP) is -0.558. The van der Waals surface area contributed by atoms with E-state index in [1.807, 2.05) is 0 Å².